The fourth-order valence-electron chi connectivity index (χ4n) is 5.03. The molecule has 0 saturated carbocycles. The molecule has 1 spiro atoms. The second-order valence-corrected chi connectivity index (χ2v) is 8.90. The molecule has 1 aromatic heterocycles. The van der Waals surface area contributed by atoms with E-state index in [1.54, 1.807) is 29.4 Å². The van der Waals surface area contributed by atoms with E-state index in [0.29, 0.717) is 19.0 Å². The number of rotatable bonds is 5. The average Bonchev–Trinajstić information content (AvgIpc) is 3.50. The quantitative estimate of drug-likeness (QED) is 0.715. The molecule has 30 heavy (non-hydrogen) atoms. The second kappa shape index (κ2) is 6.84. The lowest BCUT2D eigenvalue weighted by atomic mass is 9.76. The van der Waals surface area contributed by atoms with Crippen LogP contribution in [0.4, 0.5) is 5.69 Å². The maximum atomic E-state index is 13.5. The van der Waals surface area contributed by atoms with Crippen molar-refractivity contribution in [2.24, 2.45) is 11.8 Å². The molecule has 0 unspecified atom stereocenters. The first-order valence-corrected chi connectivity index (χ1v) is 10.4. The highest BCUT2D eigenvalue weighted by Gasteiger charge is 2.67. The van der Waals surface area contributed by atoms with E-state index in [0.717, 1.165) is 11.3 Å². The van der Waals surface area contributed by atoms with Crippen molar-refractivity contribution in [3.05, 3.63) is 66.1 Å². The third-order valence-corrected chi connectivity index (χ3v) is 6.63. The Kier molecular flexibility index (Phi) is 4.36. The van der Waals surface area contributed by atoms with Gasteiger partial charge in [-0.25, -0.2) is 0 Å². The number of amides is 2. The number of benzene rings is 1. The molecule has 2 amide bonds. The van der Waals surface area contributed by atoms with Crippen molar-refractivity contribution in [3.8, 4) is 0 Å². The van der Waals surface area contributed by atoms with Crippen LogP contribution in [-0.2, 0) is 20.9 Å². The molecule has 6 nitrogen and oxygen atoms in total. The number of hydrogen-bond donors (Lipinski definition) is 0. The molecule has 4 atom stereocenters. The Morgan fingerprint density at radius 3 is 2.70 bits per heavy atom. The Labute approximate surface area is 176 Å². The molecule has 2 bridgehead atoms. The van der Waals surface area contributed by atoms with Crippen LogP contribution in [0, 0.1) is 11.8 Å². The monoisotopic (exact) mass is 406 g/mol. The van der Waals surface area contributed by atoms with E-state index >= 15 is 0 Å². The first kappa shape index (κ1) is 19.1. The van der Waals surface area contributed by atoms with Crippen LogP contribution in [-0.4, -0.2) is 42.0 Å². The summed E-state index contributed by atoms with van der Waals surface area (Å²) in [5, 5.41) is 0. The van der Waals surface area contributed by atoms with Crippen molar-refractivity contribution in [1.29, 1.82) is 0 Å². The van der Waals surface area contributed by atoms with Crippen LogP contribution in [0.2, 0.25) is 0 Å². The summed E-state index contributed by atoms with van der Waals surface area (Å²) in [5.41, 5.74) is 2.29. The zero-order valence-electron chi connectivity index (χ0n) is 17.4. The summed E-state index contributed by atoms with van der Waals surface area (Å²) < 4.78 is 11.4. The molecule has 0 aliphatic carbocycles. The van der Waals surface area contributed by atoms with Crippen LogP contribution in [0.1, 0.15) is 30.9 Å². The molecular formula is C24H26N2O4. The Morgan fingerprint density at radius 2 is 2.03 bits per heavy atom. The Hall–Kier alpha value is -2.86. The molecule has 1 aromatic carbocycles. The highest BCUT2D eigenvalue weighted by Crippen LogP contribution is 2.53. The molecule has 5 rings (SSSR count). The van der Waals surface area contributed by atoms with E-state index in [2.05, 4.69) is 26.0 Å². The van der Waals surface area contributed by atoms with E-state index < -0.39 is 17.4 Å². The number of fused-ring (bicyclic) bond motifs is 1. The molecule has 2 fully saturated rings. The highest BCUT2D eigenvalue weighted by atomic mass is 16.5. The maximum Gasteiger partial charge on any atom is 0.234 e. The smallest absolute Gasteiger partial charge is 0.234 e. The number of anilines is 1. The van der Waals surface area contributed by atoms with Crippen molar-refractivity contribution >= 4 is 17.5 Å². The number of hydrogen-bond acceptors (Lipinski definition) is 4. The lowest BCUT2D eigenvalue weighted by Gasteiger charge is -2.27. The van der Waals surface area contributed by atoms with Gasteiger partial charge in [-0.3, -0.25) is 9.59 Å². The lowest BCUT2D eigenvalue weighted by molar-refractivity contribution is -0.139. The predicted octanol–water partition coefficient (Wildman–Crippen LogP) is 3.35. The normalized spacial score (nSPS) is 29.1. The zero-order chi connectivity index (χ0) is 21.0. The van der Waals surface area contributed by atoms with Crippen LogP contribution in [0.15, 0.2) is 59.4 Å². The Balaban J connectivity index is 1.40. The van der Waals surface area contributed by atoms with Gasteiger partial charge >= 0.3 is 0 Å². The fraction of sp³-hybridized carbons (Fsp3) is 0.417. The minimum Gasteiger partial charge on any atom is -0.472 e. The largest absolute Gasteiger partial charge is 0.472 e. The molecule has 156 valence electrons. The second-order valence-electron chi connectivity index (χ2n) is 8.90. The maximum absolute atomic E-state index is 13.5. The van der Waals surface area contributed by atoms with Crippen LogP contribution < -0.4 is 4.90 Å². The van der Waals surface area contributed by atoms with Gasteiger partial charge < -0.3 is 19.0 Å². The minimum absolute atomic E-state index is 0.0331. The Bertz CT molecular complexity index is 995. The summed E-state index contributed by atoms with van der Waals surface area (Å²) >= 11 is 0. The zero-order valence-corrected chi connectivity index (χ0v) is 17.4. The molecule has 4 heterocycles. The molecule has 6 heteroatoms. The van der Waals surface area contributed by atoms with Gasteiger partial charge in [-0.15, -0.1) is 0 Å². The van der Waals surface area contributed by atoms with Gasteiger partial charge in [0.25, 0.3) is 0 Å². The van der Waals surface area contributed by atoms with E-state index in [9.17, 15) is 9.59 Å². The van der Waals surface area contributed by atoms with Crippen molar-refractivity contribution in [1.82, 2.24) is 4.90 Å². The summed E-state index contributed by atoms with van der Waals surface area (Å²) in [6.07, 6.45) is 6.82. The van der Waals surface area contributed by atoms with Crippen molar-refractivity contribution < 1.29 is 18.7 Å². The summed E-state index contributed by atoms with van der Waals surface area (Å²) in [6.45, 7) is 5.18. The van der Waals surface area contributed by atoms with Crippen molar-refractivity contribution in [2.75, 3.05) is 18.5 Å². The van der Waals surface area contributed by atoms with Gasteiger partial charge in [0.15, 0.2) is 0 Å². The summed E-state index contributed by atoms with van der Waals surface area (Å²) in [7, 11) is 1.76. The van der Waals surface area contributed by atoms with Gasteiger partial charge in [0.05, 0.1) is 37.0 Å². The molecule has 0 radical (unpaired) electrons. The van der Waals surface area contributed by atoms with Gasteiger partial charge in [0.1, 0.15) is 5.60 Å². The molecule has 3 aliphatic rings. The topological polar surface area (TPSA) is 63.0 Å². The summed E-state index contributed by atoms with van der Waals surface area (Å²) in [5.74, 6) is -0.658. The SMILES string of the molecule is CC(C)c1ccc(N2C[C@]34C=C[C@H](O3)[C@H](C(=O)N(C)Cc3ccoc3)[C@H]4C2=O)cc1. The number of ether oxygens (including phenoxy) is 1. The van der Waals surface area contributed by atoms with E-state index in [4.69, 9.17) is 9.15 Å². The standard InChI is InChI=1S/C24H26N2O4/c1-15(2)17-4-6-18(7-5-17)26-14-24-10-8-19(30-24)20(21(24)23(26)28)22(27)25(3)12-16-9-11-29-13-16/h4-11,13,15,19-21H,12,14H2,1-3H3/t19-,20-,21-,24-/m0/s1. The number of furan rings is 1. The molecular weight excluding hydrogens is 380 g/mol. The number of carbonyl (C=O) groups is 2. The molecule has 0 N–H and O–H groups in total. The fourth-order valence-corrected chi connectivity index (χ4v) is 5.03. The van der Waals surface area contributed by atoms with Crippen molar-refractivity contribution in [2.45, 2.75) is 38.0 Å². The van der Waals surface area contributed by atoms with Gasteiger partial charge in [0.2, 0.25) is 11.8 Å². The van der Waals surface area contributed by atoms with Crippen LogP contribution in [0.5, 0.6) is 0 Å². The number of nitrogens with zero attached hydrogens (tertiary/aromatic N) is 2. The van der Waals surface area contributed by atoms with Gasteiger partial charge in [-0.05, 0) is 29.7 Å². The van der Waals surface area contributed by atoms with Crippen molar-refractivity contribution in [3.63, 3.8) is 0 Å². The van der Waals surface area contributed by atoms with E-state index in [1.165, 1.54) is 5.56 Å². The molecule has 2 saturated heterocycles. The van der Waals surface area contributed by atoms with E-state index in [-0.39, 0.29) is 17.9 Å². The minimum atomic E-state index is -0.713. The predicted molar refractivity (Wildman–Crippen MR) is 112 cm³/mol. The first-order valence-electron chi connectivity index (χ1n) is 10.4. The number of carbonyl (C=O) groups excluding carboxylic acids is 2. The van der Waals surface area contributed by atoms with Crippen LogP contribution >= 0.6 is 0 Å². The lowest BCUT2D eigenvalue weighted by Crippen LogP contribution is -2.44. The van der Waals surface area contributed by atoms with E-state index in [1.807, 2.05) is 30.4 Å². The molecule has 3 aliphatic heterocycles. The molecule has 2 aromatic rings. The third kappa shape index (κ3) is 2.82. The third-order valence-electron chi connectivity index (χ3n) is 6.63. The summed E-state index contributed by atoms with van der Waals surface area (Å²) in [6, 6.07) is 9.95. The Morgan fingerprint density at radius 1 is 1.27 bits per heavy atom. The van der Waals surface area contributed by atoms with Gasteiger partial charge in [-0.2, -0.15) is 0 Å². The van der Waals surface area contributed by atoms with Gasteiger partial charge in [0, 0.05) is 24.8 Å². The van der Waals surface area contributed by atoms with Crippen LogP contribution in [0.25, 0.3) is 0 Å². The average molecular weight is 406 g/mol. The summed E-state index contributed by atoms with van der Waals surface area (Å²) in [4.78, 5) is 30.2. The van der Waals surface area contributed by atoms with Crippen LogP contribution in [0.3, 0.4) is 0 Å². The first-order chi connectivity index (χ1) is 14.4. The highest BCUT2D eigenvalue weighted by molar-refractivity contribution is 6.03. The van der Waals surface area contributed by atoms with Gasteiger partial charge in [-0.1, -0.05) is 38.1 Å².